The summed E-state index contributed by atoms with van der Waals surface area (Å²) in [4.78, 5) is 33.8. The standard InChI is InChI=1S/C18H28N6O11P2/c19-2-1-18-3-8(11(25)14(18)28)23-7-22-16-10(15(23)20)21-6-24(16)17-13(27)12(26)9(34-17)4-33-37(31,32)35-36(29,30)5-18/h6-9,11-14,17,20,25-28H,1-5,19H2,(H2,29,30,31,32)/t8-,9-,11+,12-,13-,14+,17-,18-/m1/s1. The topological polar surface area (TPSA) is 277 Å². The van der Waals surface area contributed by atoms with Gasteiger partial charge in [-0.3, -0.25) is 13.4 Å². The fourth-order valence-electron chi connectivity index (χ4n) is 5.60. The van der Waals surface area contributed by atoms with Crippen molar-refractivity contribution in [2.24, 2.45) is 5.41 Å². The molecule has 8 bridgehead atoms. The fourth-order valence-corrected chi connectivity index (χ4v) is 8.81. The lowest BCUT2D eigenvalue weighted by Gasteiger charge is -2.39. The lowest BCUT2D eigenvalue weighted by atomic mass is 9.82. The van der Waals surface area contributed by atoms with E-state index in [1.165, 1.54) is 21.8 Å². The van der Waals surface area contributed by atoms with Crippen molar-refractivity contribution in [1.82, 2.24) is 14.5 Å². The van der Waals surface area contributed by atoms with Crippen LogP contribution in [0.2, 0.25) is 0 Å². The predicted octanol–water partition coefficient (Wildman–Crippen LogP) is -4.73. The molecule has 2 fully saturated rings. The number of aromatic nitrogens is 4. The maximum Gasteiger partial charge on any atom is 0.272 e. The highest BCUT2D eigenvalue weighted by Crippen LogP contribution is 2.61. The van der Waals surface area contributed by atoms with Crippen LogP contribution < -0.4 is 25.8 Å². The third-order valence-electron chi connectivity index (χ3n) is 7.33. The van der Waals surface area contributed by atoms with Gasteiger partial charge >= 0.3 is 0 Å². The number of aliphatic hydroxyl groups excluding tert-OH is 4. The smallest absolute Gasteiger partial charge is 0.272 e. The minimum atomic E-state index is -5.50. The summed E-state index contributed by atoms with van der Waals surface area (Å²) in [6, 6.07) is -0.964. The Morgan fingerprint density at radius 3 is 2.65 bits per heavy atom. The molecule has 3 aliphatic heterocycles. The van der Waals surface area contributed by atoms with Gasteiger partial charge in [-0.2, -0.15) is 0 Å². The van der Waals surface area contributed by atoms with E-state index >= 15 is 0 Å². The molecule has 0 radical (unpaired) electrons. The number of aliphatic hydroxyl groups is 4. The van der Waals surface area contributed by atoms with Crippen LogP contribution in [0.25, 0.3) is 11.2 Å². The number of nitrogens with two attached hydrogens (primary N) is 1. The first-order valence-corrected chi connectivity index (χ1v) is 14.6. The van der Waals surface area contributed by atoms with Gasteiger partial charge in [0.2, 0.25) is 12.0 Å². The zero-order valence-electron chi connectivity index (χ0n) is 19.3. The number of nitrogens with zero attached hydrogens (tertiary/aromatic N) is 4. The molecule has 2 aromatic heterocycles. The zero-order valence-corrected chi connectivity index (χ0v) is 21.1. The summed E-state index contributed by atoms with van der Waals surface area (Å²) in [6.07, 6.45) is -7.50. The van der Waals surface area contributed by atoms with E-state index in [0.29, 0.717) is 0 Å². The highest BCUT2D eigenvalue weighted by Gasteiger charge is 2.56. The molecule has 1 saturated carbocycles. The molecule has 10 atom stereocenters. The molecule has 2 aromatic rings. The van der Waals surface area contributed by atoms with Gasteiger partial charge in [0, 0.05) is 18.0 Å². The number of anilines is 1. The number of quaternary nitrogens is 1. The second-order valence-corrected chi connectivity index (χ2v) is 13.0. The maximum atomic E-state index is 12.9. The van der Waals surface area contributed by atoms with Crippen molar-refractivity contribution in [3.63, 3.8) is 0 Å². The van der Waals surface area contributed by atoms with Crippen LogP contribution in [0.5, 0.6) is 0 Å². The van der Waals surface area contributed by atoms with Crippen LogP contribution in [0.1, 0.15) is 25.1 Å². The molecule has 206 valence electrons. The van der Waals surface area contributed by atoms with Gasteiger partial charge in [-0.15, -0.1) is 0 Å². The van der Waals surface area contributed by atoms with Crippen LogP contribution in [0, 0.1) is 5.41 Å². The van der Waals surface area contributed by atoms with Crippen LogP contribution in [-0.4, -0.2) is 84.8 Å². The Morgan fingerprint density at radius 1 is 1.22 bits per heavy atom. The zero-order chi connectivity index (χ0) is 26.9. The Balaban J connectivity index is 1.65. The van der Waals surface area contributed by atoms with E-state index in [0.717, 1.165) is 0 Å². The number of rotatable bonds is 2. The van der Waals surface area contributed by atoms with Crippen LogP contribution in [0.3, 0.4) is 0 Å². The summed E-state index contributed by atoms with van der Waals surface area (Å²) in [6.45, 7) is -0.713. The molecule has 17 nitrogen and oxygen atoms in total. The Labute approximate surface area is 209 Å². The number of nitrogen functional groups attached to an aromatic ring is 1. The Kier molecular flexibility index (Phi) is 6.75. The quantitative estimate of drug-likeness (QED) is 0.147. The van der Waals surface area contributed by atoms with E-state index in [4.69, 9.17) is 10.5 Å². The van der Waals surface area contributed by atoms with Crippen molar-refractivity contribution >= 4 is 32.4 Å². The normalized spacial score (nSPS) is 44.6. The van der Waals surface area contributed by atoms with Crippen molar-refractivity contribution in [2.45, 2.75) is 55.6 Å². The average Bonchev–Trinajstić information content (AvgIpc) is 3.42. The number of imidazole rings is 1. The van der Waals surface area contributed by atoms with Crippen molar-refractivity contribution in [3.8, 4) is 0 Å². The first-order chi connectivity index (χ1) is 17.3. The lowest BCUT2D eigenvalue weighted by Crippen LogP contribution is -2.54. The van der Waals surface area contributed by atoms with E-state index in [2.05, 4.69) is 24.5 Å². The van der Waals surface area contributed by atoms with Crippen molar-refractivity contribution < 1.29 is 63.2 Å². The number of ether oxygens (including phenoxy) is 1. The lowest BCUT2D eigenvalue weighted by molar-refractivity contribution is -0.717. The first-order valence-electron chi connectivity index (χ1n) is 11.5. The van der Waals surface area contributed by atoms with Gasteiger partial charge in [0.1, 0.15) is 44.4 Å². The molecule has 9 N–H and O–H groups in total. The summed E-state index contributed by atoms with van der Waals surface area (Å²) in [5.74, 6) is 0.0215. The summed E-state index contributed by atoms with van der Waals surface area (Å²) >= 11 is 0. The van der Waals surface area contributed by atoms with Gasteiger partial charge in [0.25, 0.3) is 13.6 Å². The van der Waals surface area contributed by atoms with E-state index in [1.807, 2.05) is 0 Å². The second-order valence-electron chi connectivity index (χ2n) is 9.67. The molecule has 2 unspecified atom stereocenters. The van der Waals surface area contributed by atoms with E-state index in [1.54, 1.807) is 0 Å². The van der Waals surface area contributed by atoms with Crippen molar-refractivity contribution in [1.29, 1.82) is 0 Å². The number of fused-ring (bicyclic) bond motifs is 6. The number of hydrogen-bond acceptors (Lipinski definition) is 14. The van der Waals surface area contributed by atoms with Gasteiger partial charge < -0.3 is 55.5 Å². The van der Waals surface area contributed by atoms with Crippen molar-refractivity contribution in [3.05, 3.63) is 12.7 Å². The molecule has 5 heterocycles. The summed E-state index contributed by atoms with van der Waals surface area (Å²) in [7, 11) is -10.7. The average molecular weight is 566 g/mol. The number of hydrogen-bond donors (Lipinski definition) is 6. The van der Waals surface area contributed by atoms with Gasteiger partial charge in [-0.25, -0.2) is 9.55 Å². The van der Waals surface area contributed by atoms with Crippen molar-refractivity contribution in [2.75, 3.05) is 25.0 Å². The van der Waals surface area contributed by atoms with Crippen LogP contribution >= 0.6 is 15.4 Å². The third kappa shape index (κ3) is 4.52. The van der Waals surface area contributed by atoms with Gasteiger partial charge in [-0.05, 0) is 6.42 Å². The minimum Gasteiger partial charge on any atom is -0.778 e. The third-order valence-corrected chi connectivity index (χ3v) is 10.6. The number of phosphoric ester groups is 1. The monoisotopic (exact) mass is 566 g/mol. The number of phosphoric acid groups is 1. The first kappa shape index (κ1) is 27.0. The summed E-state index contributed by atoms with van der Waals surface area (Å²) in [5, 5.41) is 42.9. The molecule has 1 aliphatic carbocycles. The molecule has 1 saturated heterocycles. The summed E-state index contributed by atoms with van der Waals surface area (Å²) in [5.41, 5.74) is 8.83. The largest absolute Gasteiger partial charge is 0.778 e. The molecule has 6 rings (SSSR count). The van der Waals surface area contributed by atoms with Crippen LogP contribution in [0.4, 0.5) is 5.82 Å². The van der Waals surface area contributed by atoms with E-state index in [-0.39, 0.29) is 36.4 Å². The summed E-state index contributed by atoms with van der Waals surface area (Å²) < 4.78 is 42.6. The molecular formula is C18H28N6O11P2. The fraction of sp³-hybridized carbons (Fsp3) is 0.722. The molecule has 0 spiro atoms. The van der Waals surface area contributed by atoms with Gasteiger partial charge in [-0.1, -0.05) is 4.98 Å². The Hall–Kier alpha value is -1.59. The van der Waals surface area contributed by atoms with E-state index in [9.17, 15) is 39.3 Å². The Bertz CT molecular complexity index is 1300. The minimum absolute atomic E-state index is 0.00771. The van der Waals surface area contributed by atoms with Gasteiger partial charge in [0.05, 0.1) is 19.3 Å². The highest BCUT2D eigenvalue weighted by molar-refractivity contribution is 7.62. The van der Waals surface area contributed by atoms with Crippen LogP contribution in [-0.2, 0) is 22.7 Å². The molecule has 19 heteroatoms. The molecular weight excluding hydrogens is 538 g/mol. The second kappa shape index (κ2) is 9.26. The molecule has 0 aromatic carbocycles. The molecule has 37 heavy (non-hydrogen) atoms. The molecule has 0 amide bonds. The van der Waals surface area contributed by atoms with E-state index < -0.39 is 76.4 Å². The highest BCUT2D eigenvalue weighted by atomic mass is 31.3. The molecule has 4 aliphatic rings. The van der Waals surface area contributed by atoms with Gasteiger partial charge in [0.15, 0.2) is 11.7 Å². The Morgan fingerprint density at radius 2 is 1.95 bits per heavy atom. The predicted molar refractivity (Wildman–Crippen MR) is 116 cm³/mol. The maximum absolute atomic E-state index is 12.9. The van der Waals surface area contributed by atoms with Crippen LogP contribution in [0.15, 0.2) is 12.7 Å². The SMILES string of the molecule is Nc1c2ncn3c2nc[n+]1[C@@H]1C[C@](CC[NH3+])(CP(=O)([O-])OP(=O)([O-])OC[C@H]2O[C@@H]3[C@H](O)[C@@H]2O)[C@@H](O)[C@H]1O.